The van der Waals surface area contributed by atoms with Crippen LogP contribution in [0.5, 0.6) is 17.2 Å². The number of rotatable bonds is 8. The lowest BCUT2D eigenvalue weighted by Crippen LogP contribution is -2.40. The fourth-order valence-electron chi connectivity index (χ4n) is 4.81. The molecular weight excluding hydrogens is 496 g/mol. The van der Waals surface area contributed by atoms with E-state index in [-0.39, 0.29) is 11.9 Å². The predicted octanol–water partition coefficient (Wildman–Crippen LogP) is 7.22. The fourth-order valence-corrected chi connectivity index (χ4v) is 5.87. The summed E-state index contributed by atoms with van der Waals surface area (Å²) in [6.07, 6.45) is 7.54. The molecule has 2 fully saturated rings. The molecule has 6 nitrogen and oxygen atoms in total. The number of benzene rings is 3. The SMILES string of the molecule is COc1ccc(OC)c(COc2ccc(/C=C3\SC(=Nc4ccccc4)N(C4CCCCC4)C3=O)cc2)c1. The molecule has 0 atom stereocenters. The zero-order chi connectivity index (χ0) is 26.3. The molecular formula is C31H32N2O4S. The first-order valence-corrected chi connectivity index (χ1v) is 13.8. The van der Waals surface area contributed by atoms with Gasteiger partial charge in [0, 0.05) is 11.6 Å². The summed E-state index contributed by atoms with van der Waals surface area (Å²) in [4.78, 5) is 21.0. The molecule has 1 aliphatic carbocycles. The molecule has 0 radical (unpaired) electrons. The smallest absolute Gasteiger partial charge is 0.267 e. The Morgan fingerprint density at radius 2 is 1.66 bits per heavy atom. The number of thioether (sulfide) groups is 1. The lowest BCUT2D eigenvalue weighted by Gasteiger charge is -2.30. The monoisotopic (exact) mass is 528 g/mol. The zero-order valence-corrected chi connectivity index (χ0v) is 22.6. The van der Waals surface area contributed by atoms with Crippen molar-refractivity contribution in [1.82, 2.24) is 4.90 Å². The first-order chi connectivity index (χ1) is 18.6. The molecule has 3 aromatic carbocycles. The van der Waals surface area contributed by atoms with E-state index in [1.54, 1.807) is 14.2 Å². The van der Waals surface area contributed by atoms with E-state index >= 15 is 0 Å². The highest BCUT2D eigenvalue weighted by Gasteiger charge is 2.38. The number of amides is 1. The Balaban J connectivity index is 1.32. The van der Waals surface area contributed by atoms with Crippen LogP contribution in [-0.2, 0) is 11.4 Å². The third kappa shape index (κ3) is 6.05. The summed E-state index contributed by atoms with van der Waals surface area (Å²) in [6, 6.07) is 23.5. The molecule has 2 aliphatic rings. The quantitative estimate of drug-likeness (QED) is 0.289. The molecule has 1 saturated carbocycles. The molecule has 38 heavy (non-hydrogen) atoms. The highest BCUT2D eigenvalue weighted by molar-refractivity contribution is 8.18. The largest absolute Gasteiger partial charge is 0.497 e. The number of para-hydroxylation sites is 1. The standard InChI is InChI=1S/C31H32N2O4S/c1-35-27-17-18-28(36-2)23(20-27)21-37-26-15-13-22(14-16-26)19-29-30(34)33(25-11-7-4-8-12-25)31(38-29)32-24-9-5-3-6-10-24/h3,5-6,9-10,13-20,25H,4,7-8,11-12,21H2,1-2H3/b29-19-,32-31?. The lowest BCUT2D eigenvalue weighted by molar-refractivity contribution is -0.124. The third-order valence-corrected chi connectivity index (χ3v) is 7.80. The number of ether oxygens (including phenoxy) is 3. The van der Waals surface area contributed by atoms with Gasteiger partial charge in [-0.3, -0.25) is 9.69 Å². The highest BCUT2D eigenvalue weighted by atomic mass is 32.2. The van der Waals surface area contributed by atoms with Crippen LogP contribution in [0.4, 0.5) is 5.69 Å². The number of amidine groups is 1. The Kier molecular flexibility index (Phi) is 8.34. The van der Waals surface area contributed by atoms with Crippen molar-refractivity contribution >= 4 is 34.6 Å². The molecule has 1 amide bonds. The molecule has 0 N–H and O–H groups in total. The van der Waals surface area contributed by atoms with E-state index in [4.69, 9.17) is 19.2 Å². The molecule has 1 aliphatic heterocycles. The summed E-state index contributed by atoms with van der Waals surface area (Å²) in [7, 11) is 3.28. The Labute approximate surface area is 228 Å². The second-order valence-corrected chi connectivity index (χ2v) is 10.4. The second kappa shape index (κ2) is 12.2. The second-order valence-electron chi connectivity index (χ2n) is 9.34. The summed E-state index contributed by atoms with van der Waals surface area (Å²) in [5.74, 6) is 2.28. The summed E-state index contributed by atoms with van der Waals surface area (Å²) >= 11 is 1.46. The minimum atomic E-state index is 0.0435. The Morgan fingerprint density at radius 3 is 2.37 bits per heavy atom. The van der Waals surface area contributed by atoms with Crippen molar-refractivity contribution in [1.29, 1.82) is 0 Å². The Morgan fingerprint density at radius 1 is 0.921 bits per heavy atom. The first kappa shape index (κ1) is 25.9. The van der Waals surface area contributed by atoms with E-state index < -0.39 is 0 Å². The van der Waals surface area contributed by atoms with Gasteiger partial charge in [-0.2, -0.15) is 0 Å². The van der Waals surface area contributed by atoms with E-state index in [9.17, 15) is 4.79 Å². The third-order valence-electron chi connectivity index (χ3n) is 6.82. The van der Waals surface area contributed by atoms with Gasteiger partial charge in [0.25, 0.3) is 5.91 Å². The van der Waals surface area contributed by atoms with Crippen LogP contribution < -0.4 is 14.2 Å². The summed E-state index contributed by atoms with van der Waals surface area (Å²) in [6.45, 7) is 0.352. The molecule has 1 saturated heterocycles. The summed E-state index contributed by atoms with van der Waals surface area (Å²) in [5.41, 5.74) is 2.70. The number of carbonyl (C=O) groups excluding carboxylic acids is 1. The molecule has 0 spiro atoms. The van der Waals surface area contributed by atoms with Crippen molar-refractivity contribution in [3.05, 3.63) is 88.8 Å². The van der Waals surface area contributed by atoms with Gasteiger partial charge in [-0.1, -0.05) is 49.6 Å². The van der Waals surface area contributed by atoms with Crippen LogP contribution in [0.2, 0.25) is 0 Å². The van der Waals surface area contributed by atoms with Gasteiger partial charge in [-0.05, 0) is 78.7 Å². The van der Waals surface area contributed by atoms with E-state index in [0.717, 1.165) is 64.9 Å². The molecule has 0 aromatic heterocycles. The first-order valence-electron chi connectivity index (χ1n) is 13.0. The minimum absolute atomic E-state index is 0.0435. The van der Waals surface area contributed by atoms with Crippen molar-refractivity contribution in [3.63, 3.8) is 0 Å². The maximum atomic E-state index is 13.6. The van der Waals surface area contributed by atoms with Gasteiger partial charge in [0.15, 0.2) is 5.17 Å². The topological polar surface area (TPSA) is 60.4 Å². The van der Waals surface area contributed by atoms with Crippen LogP contribution in [0.3, 0.4) is 0 Å². The number of methoxy groups -OCH3 is 2. The van der Waals surface area contributed by atoms with Crippen molar-refractivity contribution < 1.29 is 19.0 Å². The Bertz CT molecular complexity index is 1320. The van der Waals surface area contributed by atoms with Gasteiger partial charge >= 0.3 is 0 Å². The average Bonchev–Trinajstić information content (AvgIpc) is 3.27. The van der Waals surface area contributed by atoms with Crippen LogP contribution in [0.1, 0.15) is 43.2 Å². The van der Waals surface area contributed by atoms with Gasteiger partial charge in [-0.25, -0.2) is 4.99 Å². The van der Waals surface area contributed by atoms with Gasteiger partial charge in [0.1, 0.15) is 23.9 Å². The molecule has 7 heteroatoms. The van der Waals surface area contributed by atoms with Crippen LogP contribution in [-0.4, -0.2) is 36.2 Å². The molecule has 3 aromatic rings. The van der Waals surface area contributed by atoms with Crippen LogP contribution in [0.25, 0.3) is 6.08 Å². The molecule has 196 valence electrons. The van der Waals surface area contributed by atoms with Gasteiger partial charge in [-0.15, -0.1) is 0 Å². The van der Waals surface area contributed by atoms with Crippen molar-refractivity contribution in [2.45, 2.75) is 44.8 Å². The molecule has 1 heterocycles. The molecule has 0 unspecified atom stereocenters. The number of carbonyl (C=O) groups is 1. The van der Waals surface area contributed by atoms with Crippen molar-refractivity contribution in [3.8, 4) is 17.2 Å². The predicted molar refractivity (Wildman–Crippen MR) is 153 cm³/mol. The van der Waals surface area contributed by atoms with Crippen LogP contribution in [0, 0.1) is 0 Å². The Hall–Kier alpha value is -3.71. The summed E-state index contributed by atoms with van der Waals surface area (Å²) in [5, 5.41) is 0.770. The fraction of sp³-hybridized carbons (Fsp3) is 0.290. The number of nitrogens with zero attached hydrogens (tertiary/aromatic N) is 2. The number of hydrogen-bond acceptors (Lipinski definition) is 6. The van der Waals surface area contributed by atoms with Crippen molar-refractivity contribution in [2.24, 2.45) is 4.99 Å². The van der Waals surface area contributed by atoms with E-state index in [1.807, 2.05) is 83.8 Å². The lowest BCUT2D eigenvalue weighted by atomic mass is 9.94. The number of hydrogen-bond donors (Lipinski definition) is 0. The van der Waals surface area contributed by atoms with Crippen LogP contribution >= 0.6 is 11.8 Å². The van der Waals surface area contributed by atoms with E-state index in [0.29, 0.717) is 11.5 Å². The van der Waals surface area contributed by atoms with Gasteiger partial charge in [0.2, 0.25) is 0 Å². The van der Waals surface area contributed by atoms with Gasteiger partial charge < -0.3 is 14.2 Å². The normalized spacial score (nSPS) is 18.3. The average molecular weight is 529 g/mol. The molecule has 0 bridgehead atoms. The maximum absolute atomic E-state index is 13.6. The maximum Gasteiger partial charge on any atom is 0.267 e. The number of aliphatic imine (C=N–C) groups is 1. The summed E-state index contributed by atoms with van der Waals surface area (Å²) < 4.78 is 16.8. The van der Waals surface area contributed by atoms with E-state index in [1.165, 1.54) is 18.2 Å². The van der Waals surface area contributed by atoms with Crippen LogP contribution in [0.15, 0.2) is 82.7 Å². The van der Waals surface area contributed by atoms with Crippen molar-refractivity contribution in [2.75, 3.05) is 14.2 Å². The highest BCUT2D eigenvalue weighted by Crippen LogP contribution is 2.38. The molecule has 5 rings (SSSR count). The van der Waals surface area contributed by atoms with E-state index in [2.05, 4.69) is 0 Å². The van der Waals surface area contributed by atoms with Gasteiger partial charge in [0.05, 0.1) is 24.8 Å². The minimum Gasteiger partial charge on any atom is -0.497 e. The zero-order valence-electron chi connectivity index (χ0n) is 21.8.